The van der Waals surface area contributed by atoms with Gasteiger partial charge in [0.2, 0.25) is 0 Å². The van der Waals surface area contributed by atoms with Crippen LogP contribution in [0.25, 0.3) is 6.08 Å². The second kappa shape index (κ2) is 6.37. The van der Waals surface area contributed by atoms with Crippen molar-refractivity contribution in [2.45, 2.75) is 32.8 Å². The fourth-order valence-electron chi connectivity index (χ4n) is 1.72. The Morgan fingerprint density at radius 3 is 2.45 bits per heavy atom. The molecule has 1 aromatic carbocycles. The summed E-state index contributed by atoms with van der Waals surface area (Å²) in [5.41, 5.74) is 1.40. The van der Waals surface area contributed by atoms with Gasteiger partial charge in [-0.25, -0.2) is 4.79 Å². The Labute approximate surface area is 119 Å². The Balaban J connectivity index is 2.94. The van der Waals surface area contributed by atoms with Crippen molar-refractivity contribution < 1.29 is 19.1 Å². The molecule has 108 valence electrons. The summed E-state index contributed by atoms with van der Waals surface area (Å²) in [6.07, 6.45) is 1.74. The highest BCUT2D eigenvalue weighted by Crippen LogP contribution is 2.17. The minimum absolute atomic E-state index is 0.139. The van der Waals surface area contributed by atoms with Crippen molar-refractivity contribution in [3.05, 3.63) is 41.5 Å². The van der Waals surface area contributed by atoms with E-state index in [2.05, 4.69) is 11.3 Å². The predicted octanol–water partition coefficient (Wildman–Crippen LogP) is 3.00. The zero-order chi connectivity index (χ0) is 15.3. The lowest BCUT2D eigenvalue weighted by Gasteiger charge is -2.19. The van der Waals surface area contributed by atoms with Gasteiger partial charge < -0.3 is 9.47 Å². The number of ether oxygens (including phenoxy) is 2. The van der Waals surface area contributed by atoms with Crippen LogP contribution < -0.4 is 0 Å². The Morgan fingerprint density at radius 1 is 1.30 bits per heavy atom. The molecule has 0 saturated heterocycles. The Morgan fingerprint density at radius 2 is 1.95 bits per heavy atom. The SMILES string of the molecule is C=Cc1cc(C(=O)OC)ccc1CC(=O)OC(C)(C)C. The van der Waals surface area contributed by atoms with Gasteiger partial charge in [-0.3, -0.25) is 4.79 Å². The van der Waals surface area contributed by atoms with Crippen LogP contribution >= 0.6 is 0 Å². The van der Waals surface area contributed by atoms with E-state index in [4.69, 9.17) is 4.74 Å². The van der Waals surface area contributed by atoms with E-state index in [-0.39, 0.29) is 12.4 Å². The molecule has 0 saturated carbocycles. The molecule has 4 heteroatoms. The molecule has 0 spiro atoms. The topological polar surface area (TPSA) is 52.6 Å². The van der Waals surface area contributed by atoms with Crippen molar-refractivity contribution in [3.63, 3.8) is 0 Å². The number of methoxy groups -OCH3 is 1. The molecule has 1 aromatic rings. The highest BCUT2D eigenvalue weighted by molar-refractivity contribution is 5.90. The smallest absolute Gasteiger partial charge is 0.337 e. The highest BCUT2D eigenvalue weighted by atomic mass is 16.6. The molecule has 0 bridgehead atoms. The number of carbonyl (C=O) groups excluding carboxylic acids is 2. The maximum absolute atomic E-state index is 11.8. The molecule has 0 heterocycles. The van der Waals surface area contributed by atoms with Crippen LogP contribution in [-0.4, -0.2) is 24.6 Å². The fourth-order valence-corrected chi connectivity index (χ4v) is 1.72. The monoisotopic (exact) mass is 276 g/mol. The molecular formula is C16H20O4. The first-order chi connectivity index (χ1) is 9.26. The molecule has 20 heavy (non-hydrogen) atoms. The summed E-state index contributed by atoms with van der Waals surface area (Å²) in [5, 5.41) is 0. The van der Waals surface area contributed by atoms with Gasteiger partial charge in [-0.05, 0) is 44.0 Å². The summed E-state index contributed by atoms with van der Waals surface area (Å²) >= 11 is 0. The minimum Gasteiger partial charge on any atom is -0.465 e. The lowest BCUT2D eigenvalue weighted by atomic mass is 10.0. The molecule has 0 aromatic heterocycles. The van der Waals surface area contributed by atoms with E-state index in [0.717, 1.165) is 11.1 Å². The first kappa shape index (κ1) is 16.0. The number of carbonyl (C=O) groups is 2. The molecule has 0 unspecified atom stereocenters. The maximum Gasteiger partial charge on any atom is 0.337 e. The van der Waals surface area contributed by atoms with Gasteiger partial charge in [0.25, 0.3) is 0 Å². The lowest BCUT2D eigenvalue weighted by molar-refractivity contribution is -0.153. The van der Waals surface area contributed by atoms with Crippen LogP contribution in [0, 0.1) is 0 Å². The maximum atomic E-state index is 11.8. The van der Waals surface area contributed by atoms with Crippen LogP contribution in [0.1, 0.15) is 42.3 Å². The largest absolute Gasteiger partial charge is 0.465 e. The third-order valence-electron chi connectivity index (χ3n) is 2.54. The summed E-state index contributed by atoms with van der Waals surface area (Å²) in [6, 6.07) is 4.99. The highest BCUT2D eigenvalue weighted by Gasteiger charge is 2.18. The average molecular weight is 276 g/mol. The standard InChI is InChI=1S/C16H20O4/c1-6-11-9-13(15(18)19-5)8-7-12(11)10-14(17)20-16(2,3)4/h6-9H,1,10H2,2-5H3. The molecule has 0 aliphatic heterocycles. The van der Waals surface area contributed by atoms with Crippen molar-refractivity contribution >= 4 is 18.0 Å². The first-order valence-electron chi connectivity index (χ1n) is 6.32. The molecule has 0 atom stereocenters. The third-order valence-corrected chi connectivity index (χ3v) is 2.54. The normalized spacial score (nSPS) is 10.8. The van der Waals surface area contributed by atoms with Crippen molar-refractivity contribution in [2.24, 2.45) is 0 Å². The lowest BCUT2D eigenvalue weighted by Crippen LogP contribution is -2.25. The summed E-state index contributed by atoms with van der Waals surface area (Å²) in [7, 11) is 1.32. The fraction of sp³-hybridized carbons (Fsp3) is 0.375. The van der Waals surface area contributed by atoms with E-state index >= 15 is 0 Å². The van der Waals surface area contributed by atoms with Gasteiger partial charge in [0.15, 0.2) is 0 Å². The van der Waals surface area contributed by atoms with Crippen LogP contribution in [0.3, 0.4) is 0 Å². The molecule has 0 aliphatic rings. The number of rotatable bonds is 4. The van der Waals surface area contributed by atoms with E-state index in [9.17, 15) is 9.59 Å². The second-order valence-corrected chi connectivity index (χ2v) is 5.37. The first-order valence-corrected chi connectivity index (χ1v) is 6.32. The quantitative estimate of drug-likeness (QED) is 0.793. The van der Waals surface area contributed by atoms with Crippen molar-refractivity contribution in [3.8, 4) is 0 Å². The van der Waals surface area contributed by atoms with Crippen LogP contribution in [0.5, 0.6) is 0 Å². The van der Waals surface area contributed by atoms with E-state index in [1.54, 1.807) is 24.3 Å². The van der Waals surface area contributed by atoms with E-state index < -0.39 is 11.6 Å². The van der Waals surface area contributed by atoms with Crippen molar-refractivity contribution in [2.75, 3.05) is 7.11 Å². The van der Waals surface area contributed by atoms with Crippen LogP contribution in [0.15, 0.2) is 24.8 Å². The molecule has 0 radical (unpaired) electrons. The number of hydrogen-bond donors (Lipinski definition) is 0. The molecule has 0 fully saturated rings. The van der Waals surface area contributed by atoms with Gasteiger partial charge in [0.05, 0.1) is 19.1 Å². The molecule has 1 rings (SSSR count). The van der Waals surface area contributed by atoms with Gasteiger partial charge >= 0.3 is 11.9 Å². The molecule has 0 aliphatic carbocycles. The zero-order valence-corrected chi connectivity index (χ0v) is 12.4. The van der Waals surface area contributed by atoms with Gasteiger partial charge in [-0.15, -0.1) is 0 Å². The third kappa shape index (κ3) is 4.53. The molecule has 4 nitrogen and oxygen atoms in total. The van der Waals surface area contributed by atoms with Crippen LogP contribution in [0.2, 0.25) is 0 Å². The second-order valence-electron chi connectivity index (χ2n) is 5.37. The number of hydrogen-bond acceptors (Lipinski definition) is 4. The van der Waals surface area contributed by atoms with Crippen molar-refractivity contribution in [1.82, 2.24) is 0 Å². The van der Waals surface area contributed by atoms with Crippen LogP contribution in [0.4, 0.5) is 0 Å². The molecule has 0 N–H and O–H groups in total. The van der Waals surface area contributed by atoms with Gasteiger partial charge in [-0.2, -0.15) is 0 Å². The predicted molar refractivity (Wildman–Crippen MR) is 77.4 cm³/mol. The van der Waals surface area contributed by atoms with Crippen LogP contribution in [-0.2, 0) is 20.7 Å². The summed E-state index contributed by atoms with van der Waals surface area (Å²) in [6.45, 7) is 9.15. The Hall–Kier alpha value is -2.10. The Bertz CT molecular complexity index is 524. The summed E-state index contributed by atoms with van der Waals surface area (Å²) in [5.74, 6) is -0.733. The van der Waals surface area contributed by atoms with Crippen molar-refractivity contribution in [1.29, 1.82) is 0 Å². The Kier molecular flexibility index (Phi) is 5.08. The molecule has 0 amide bonds. The summed E-state index contributed by atoms with van der Waals surface area (Å²) < 4.78 is 9.93. The van der Waals surface area contributed by atoms with E-state index in [0.29, 0.717) is 5.56 Å². The number of esters is 2. The van der Waals surface area contributed by atoms with Gasteiger partial charge in [0, 0.05) is 0 Å². The number of benzene rings is 1. The minimum atomic E-state index is -0.516. The molecular weight excluding hydrogens is 256 g/mol. The van der Waals surface area contributed by atoms with Gasteiger partial charge in [0.1, 0.15) is 5.60 Å². The average Bonchev–Trinajstić information content (AvgIpc) is 2.36. The zero-order valence-electron chi connectivity index (χ0n) is 12.4. The van der Waals surface area contributed by atoms with E-state index in [1.807, 2.05) is 20.8 Å². The van der Waals surface area contributed by atoms with E-state index in [1.165, 1.54) is 7.11 Å². The summed E-state index contributed by atoms with van der Waals surface area (Å²) in [4.78, 5) is 23.3. The van der Waals surface area contributed by atoms with Gasteiger partial charge in [-0.1, -0.05) is 18.7 Å².